The number of carbonyl (C=O) groups is 1. The van der Waals surface area contributed by atoms with Crippen LogP contribution in [0.5, 0.6) is 23.0 Å². The molecule has 0 bridgehead atoms. The Hall–Kier alpha value is -3.59. The van der Waals surface area contributed by atoms with E-state index < -0.39 is 5.97 Å². The summed E-state index contributed by atoms with van der Waals surface area (Å²) < 4.78 is 26.9. The van der Waals surface area contributed by atoms with Gasteiger partial charge in [0, 0.05) is 5.56 Å². The average Bonchev–Trinajstić information content (AvgIpc) is 3.14. The minimum absolute atomic E-state index is 0.00595. The molecule has 0 radical (unpaired) electrons. The highest BCUT2D eigenvalue weighted by Crippen LogP contribution is 2.44. The van der Waals surface area contributed by atoms with E-state index in [9.17, 15) is 9.90 Å². The Kier molecular flexibility index (Phi) is 8.48. The van der Waals surface area contributed by atoms with Gasteiger partial charge in [-0.05, 0) is 56.3 Å². The molecule has 34 heavy (non-hydrogen) atoms. The van der Waals surface area contributed by atoms with Crippen molar-refractivity contribution in [3.63, 3.8) is 0 Å². The third-order valence-electron chi connectivity index (χ3n) is 4.77. The summed E-state index contributed by atoms with van der Waals surface area (Å²) in [6.07, 6.45) is 1.70. The number of nitrogens with zero attached hydrogens (tertiary/aromatic N) is 1. The summed E-state index contributed by atoms with van der Waals surface area (Å²) in [6, 6.07) is 10.6. The van der Waals surface area contributed by atoms with Crippen molar-refractivity contribution in [3.8, 4) is 23.0 Å². The van der Waals surface area contributed by atoms with Gasteiger partial charge in [-0.3, -0.25) is 0 Å². The van der Waals surface area contributed by atoms with Gasteiger partial charge < -0.3 is 28.8 Å². The second kappa shape index (κ2) is 11.5. The first-order valence-corrected chi connectivity index (χ1v) is 11.4. The standard InChI is InChI=1S/C25H27NO7S/c1-6-32-17-11-9-16(10-12-17)26-24-20(25(28)33-7-2)21(27)19(34-24)14-15-8-13-18(29-3)23(31-5)22(15)30-4/h8-14,27H,6-7H2,1-5H3/b19-14+,26-24?. The van der Waals surface area contributed by atoms with Gasteiger partial charge in [0.2, 0.25) is 5.75 Å². The van der Waals surface area contributed by atoms with E-state index in [1.165, 1.54) is 21.3 Å². The summed E-state index contributed by atoms with van der Waals surface area (Å²) in [5.74, 6) is 1.20. The lowest BCUT2D eigenvalue weighted by atomic mass is 10.1. The van der Waals surface area contributed by atoms with Crippen molar-refractivity contribution in [1.29, 1.82) is 0 Å². The van der Waals surface area contributed by atoms with Gasteiger partial charge in [-0.2, -0.15) is 0 Å². The largest absolute Gasteiger partial charge is 0.506 e. The lowest BCUT2D eigenvalue weighted by Gasteiger charge is -2.14. The van der Waals surface area contributed by atoms with Gasteiger partial charge in [-0.15, -0.1) is 0 Å². The maximum absolute atomic E-state index is 12.7. The summed E-state index contributed by atoms with van der Waals surface area (Å²) in [6.45, 7) is 4.33. The van der Waals surface area contributed by atoms with E-state index in [4.69, 9.17) is 23.7 Å². The first kappa shape index (κ1) is 25.0. The molecule has 0 amide bonds. The van der Waals surface area contributed by atoms with Gasteiger partial charge in [-0.25, -0.2) is 9.79 Å². The van der Waals surface area contributed by atoms with E-state index in [0.29, 0.717) is 45.1 Å². The molecule has 1 aliphatic heterocycles. The van der Waals surface area contributed by atoms with Crippen molar-refractivity contribution in [2.45, 2.75) is 13.8 Å². The number of carbonyl (C=O) groups excluding carboxylic acids is 1. The fourth-order valence-corrected chi connectivity index (χ4v) is 4.30. The van der Waals surface area contributed by atoms with Crippen molar-refractivity contribution >= 4 is 34.5 Å². The van der Waals surface area contributed by atoms with E-state index in [1.54, 1.807) is 49.4 Å². The number of ether oxygens (including phenoxy) is 5. The summed E-state index contributed by atoms with van der Waals surface area (Å²) in [5, 5.41) is 11.3. The molecular formula is C25H27NO7S. The fraction of sp³-hybridized carbons (Fsp3) is 0.280. The average molecular weight is 486 g/mol. The summed E-state index contributed by atoms with van der Waals surface area (Å²) in [7, 11) is 4.56. The van der Waals surface area contributed by atoms with Crippen LogP contribution in [0.3, 0.4) is 0 Å². The van der Waals surface area contributed by atoms with Crippen LogP contribution in [-0.2, 0) is 9.53 Å². The molecule has 2 aromatic rings. The van der Waals surface area contributed by atoms with Crippen LogP contribution >= 0.6 is 11.8 Å². The van der Waals surface area contributed by atoms with Crippen LogP contribution in [0.4, 0.5) is 5.69 Å². The molecule has 1 N–H and O–H groups in total. The molecule has 0 saturated carbocycles. The van der Waals surface area contributed by atoms with Gasteiger partial charge in [0.15, 0.2) is 11.5 Å². The number of methoxy groups -OCH3 is 3. The predicted octanol–water partition coefficient (Wildman–Crippen LogP) is 5.30. The smallest absolute Gasteiger partial charge is 0.344 e. The highest BCUT2D eigenvalue weighted by Gasteiger charge is 2.33. The van der Waals surface area contributed by atoms with Crippen molar-refractivity contribution in [1.82, 2.24) is 0 Å². The van der Waals surface area contributed by atoms with E-state index in [0.717, 1.165) is 17.5 Å². The van der Waals surface area contributed by atoms with Crippen LogP contribution in [-0.4, -0.2) is 50.7 Å². The maximum atomic E-state index is 12.7. The molecule has 0 atom stereocenters. The second-order valence-electron chi connectivity index (χ2n) is 6.82. The van der Waals surface area contributed by atoms with Gasteiger partial charge in [0.1, 0.15) is 22.1 Å². The number of hydrogen-bond acceptors (Lipinski definition) is 9. The normalized spacial score (nSPS) is 15.6. The molecule has 0 aromatic heterocycles. The zero-order valence-corrected chi connectivity index (χ0v) is 20.5. The first-order chi connectivity index (χ1) is 16.5. The molecule has 2 aromatic carbocycles. The van der Waals surface area contributed by atoms with Crippen molar-refractivity contribution in [2.24, 2.45) is 4.99 Å². The molecule has 0 aliphatic carbocycles. The topological polar surface area (TPSA) is 95.8 Å². The molecular weight excluding hydrogens is 458 g/mol. The molecule has 0 saturated heterocycles. The molecule has 9 heteroatoms. The minimum atomic E-state index is -0.653. The number of thioether (sulfide) groups is 1. The van der Waals surface area contributed by atoms with Crippen molar-refractivity contribution < 1.29 is 33.6 Å². The SMILES string of the molecule is CCOC(=O)C1=C(O)/C(=C\c2ccc(OC)c(OC)c2OC)SC1=Nc1ccc(OCC)cc1. The van der Waals surface area contributed by atoms with E-state index in [-0.39, 0.29) is 17.9 Å². The zero-order valence-electron chi connectivity index (χ0n) is 19.7. The number of aliphatic hydroxyl groups excluding tert-OH is 1. The predicted molar refractivity (Wildman–Crippen MR) is 133 cm³/mol. The summed E-state index contributed by atoms with van der Waals surface area (Å²) in [4.78, 5) is 17.7. The molecule has 1 aliphatic rings. The minimum Gasteiger partial charge on any atom is -0.506 e. The molecule has 1 heterocycles. The van der Waals surface area contributed by atoms with Gasteiger partial charge in [0.25, 0.3) is 0 Å². The quantitative estimate of drug-likeness (QED) is 0.478. The Morgan fingerprint density at radius 1 is 0.971 bits per heavy atom. The highest BCUT2D eigenvalue weighted by atomic mass is 32.2. The van der Waals surface area contributed by atoms with Crippen molar-refractivity contribution in [2.75, 3.05) is 34.5 Å². The Bertz CT molecular complexity index is 1140. The van der Waals surface area contributed by atoms with Crippen LogP contribution in [0, 0.1) is 0 Å². The van der Waals surface area contributed by atoms with Crippen LogP contribution in [0.2, 0.25) is 0 Å². The molecule has 0 spiro atoms. The molecule has 8 nitrogen and oxygen atoms in total. The lowest BCUT2D eigenvalue weighted by molar-refractivity contribution is -0.138. The third-order valence-corrected chi connectivity index (χ3v) is 5.79. The Balaban J connectivity index is 2.06. The highest BCUT2D eigenvalue weighted by molar-refractivity contribution is 8.18. The summed E-state index contributed by atoms with van der Waals surface area (Å²) in [5.41, 5.74) is 1.23. The number of aliphatic imine (C=N–C) groups is 1. The molecule has 0 unspecified atom stereocenters. The number of rotatable bonds is 9. The first-order valence-electron chi connectivity index (χ1n) is 10.6. The monoisotopic (exact) mass is 485 g/mol. The second-order valence-corrected chi connectivity index (χ2v) is 7.85. The van der Waals surface area contributed by atoms with Crippen molar-refractivity contribution in [3.05, 3.63) is 58.2 Å². The fourth-order valence-electron chi connectivity index (χ4n) is 3.27. The number of benzene rings is 2. The Morgan fingerprint density at radius 3 is 2.26 bits per heavy atom. The zero-order chi connectivity index (χ0) is 24.7. The number of aliphatic hydroxyl groups is 1. The summed E-state index contributed by atoms with van der Waals surface area (Å²) >= 11 is 1.16. The van der Waals surface area contributed by atoms with Crippen LogP contribution in [0.15, 0.2) is 57.6 Å². The third kappa shape index (κ3) is 5.31. The lowest BCUT2D eigenvalue weighted by Crippen LogP contribution is -2.12. The van der Waals surface area contributed by atoms with Crippen LogP contribution < -0.4 is 18.9 Å². The number of esters is 1. The molecule has 0 fully saturated rings. The number of hydrogen-bond donors (Lipinski definition) is 1. The maximum Gasteiger partial charge on any atom is 0.344 e. The van der Waals surface area contributed by atoms with Crippen LogP contribution in [0.1, 0.15) is 19.4 Å². The van der Waals surface area contributed by atoms with E-state index in [2.05, 4.69) is 4.99 Å². The van der Waals surface area contributed by atoms with Gasteiger partial charge in [0.05, 0.1) is 45.1 Å². The Morgan fingerprint density at radius 2 is 1.68 bits per heavy atom. The van der Waals surface area contributed by atoms with E-state index >= 15 is 0 Å². The van der Waals surface area contributed by atoms with Crippen LogP contribution in [0.25, 0.3) is 6.08 Å². The molecule has 180 valence electrons. The van der Waals surface area contributed by atoms with Gasteiger partial charge in [-0.1, -0.05) is 11.8 Å². The van der Waals surface area contributed by atoms with E-state index in [1.807, 2.05) is 6.92 Å². The molecule has 3 rings (SSSR count). The van der Waals surface area contributed by atoms with Gasteiger partial charge >= 0.3 is 5.97 Å². The Labute approximate surface area is 202 Å².